The van der Waals surface area contributed by atoms with Crippen LogP contribution in [0.3, 0.4) is 0 Å². The molecule has 0 radical (unpaired) electrons. The highest BCUT2D eigenvalue weighted by molar-refractivity contribution is 5.25. The Balaban J connectivity index is 2.85. The molecular weight excluding hydrogens is 116 g/mol. The van der Waals surface area contributed by atoms with Gasteiger partial charge in [0.1, 0.15) is 0 Å². The van der Waals surface area contributed by atoms with Crippen molar-refractivity contribution in [2.24, 2.45) is 0 Å². The van der Waals surface area contributed by atoms with Crippen molar-refractivity contribution in [2.45, 2.75) is 6.42 Å². The summed E-state index contributed by atoms with van der Waals surface area (Å²) < 4.78 is 0. The fourth-order valence-electron chi connectivity index (χ4n) is 0.607. The Morgan fingerprint density at radius 3 is 2.78 bits per heavy atom. The van der Waals surface area contributed by atoms with Crippen molar-refractivity contribution >= 4 is 0 Å². The van der Waals surface area contributed by atoms with Crippen molar-refractivity contribution < 1.29 is 10.2 Å². The molecule has 0 aromatic carbocycles. The first-order chi connectivity index (χ1) is 4.30. The minimum absolute atomic E-state index is 0.0417. The summed E-state index contributed by atoms with van der Waals surface area (Å²) in [4.78, 5) is 0. The van der Waals surface area contributed by atoms with Crippen LogP contribution >= 0.6 is 0 Å². The van der Waals surface area contributed by atoms with Crippen LogP contribution in [0.1, 0.15) is 6.42 Å². The Kier molecular flexibility index (Phi) is 1.58. The lowest BCUT2D eigenvalue weighted by atomic mass is 10.3. The maximum absolute atomic E-state index is 8.86. The highest BCUT2D eigenvalue weighted by Crippen LogP contribution is 2.07. The first-order valence-electron chi connectivity index (χ1n) is 2.76. The first-order valence-corrected chi connectivity index (χ1v) is 2.76. The maximum atomic E-state index is 8.86. The lowest BCUT2D eigenvalue weighted by Crippen LogP contribution is -1.83. The van der Waals surface area contributed by atoms with Crippen molar-refractivity contribution in [2.75, 3.05) is 0 Å². The maximum Gasteiger partial charge on any atom is 0.157 e. The predicted octanol–water partition coefficient (Wildman–Crippen LogP) is 1.83. The van der Waals surface area contributed by atoms with E-state index in [1.165, 1.54) is 6.08 Å². The van der Waals surface area contributed by atoms with Gasteiger partial charge in [-0.25, -0.2) is 0 Å². The lowest BCUT2D eigenvalue weighted by Gasteiger charge is -1.92. The van der Waals surface area contributed by atoms with Crippen LogP contribution in [0.25, 0.3) is 0 Å². The average molecular weight is 124 g/mol. The Bertz CT molecular complexity index is 187. The van der Waals surface area contributed by atoms with E-state index < -0.39 is 0 Å². The van der Waals surface area contributed by atoms with E-state index in [2.05, 4.69) is 0 Å². The number of allylic oxidation sites excluding steroid dienone is 4. The van der Waals surface area contributed by atoms with Crippen molar-refractivity contribution in [1.29, 1.82) is 0 Å². The van der Waals surface area contributed by atoms with Crippen LogP contribution in [0.2, 0.25) is 0 Å². The van der Waals surface area contributed by atoms with Gasteiger partial charge in [0.15, 0.2) is 11.5 Å². The monoisotopic (exact) mass is 124 g/mol. The molecule has 0 aromatic heterocycles. The fourth-order valence-corrected chi connectivity index (χ4v) is 0.607. The molecule has 0 aromatic rings. The van der Waals surface area contributed by atoms with Crippen molar-refractivity contribution in [3.63, 3.8) is 0 Å². The summed E-state index contributed by atoms with van der Waals surface area (Å²) in [6.07, 6.45) is 7.23. The second-order valence-electron chi connectivity index (χ2n) is 1.81. The molecule has 0 amide bonds. The predicted molar refractivity (Wildman–Crippen MR) is 35.2 cm³/mol. The molecule has 9 heavy (non-hydrogen) atoms. The van der Waals surface area contributed by atoms with Gasteiger partial charge in [0.25, 0.3) is 0 Å². The smallest absolute Gasteiger partial charge is 0.157 e. The molecular formula is C7H8O2. The Morgan fingerprint density at radius 2 is 2.00 bits per heavy atom. The Hall–Kier alpha value is -1.18. The molecule has 0 atom stereocenters. The van der Waals surface area contributed by atoms with E-state index in [4.69, 9.17) is 10.2 Å². The normalized spacial score (nSPS) is 18.2. The molecule has 1 aliphatic carbocycles. The molecule has 0 unspecified atom stereocenters. The van der Waals surface area contributed by atoms with Crippen LogP contribution in [-0.2, 0) is 0 Å². The van der Waals surface area contributed by atoms with Gasteiger partial charge in [-0.3, -0.25) is 0 Å². The number of hydrogen-bond acceptors (Lipinski definition) is 2. The van der Waals surface area contributed by atoms with Gasteiger partial charge in [-0.15, -0.1) is 0 Å². The van der Waals surface area contributed by atoms with Gasteiger partial charge in [0, 0.05) is 0 Å². The van der Waals surface area contributed by atoms with E-state index in [-0.39, 0.29) is 11.5 Å². The molecule has 1 rings (SSSR count). The van der Waals surface area contributed by atoms with Crippen LogP contribution < -0.4 is 0 Å². The quantitative estimate of drug-likeness (QED) is 0.517. The summed E-state index contributed by atoms with van der Waals surface area (Å²) in [5, 5.41) is 17.7. The molecule has 0 fully saturated rings. The zero-order chi connectivity index (χ0) is 6.69. The first kappa shape index (κ1) is 5.95. The summed E-state index contributed by atoms with van der Waals surface area (Å²) >= 11 is 0. The van der Waals surface area contributed by atoms with E-state index in [9.17, 15) is 0 Å². The summed E-state index contributed by atoms with van der Waals surface area (Å²) in [6, 6.07) is 0. The molecule has 2 N–H and O–H groups in total. The third-order valence-electron chi connectivity index (χ3n) is 1.10. The zero-order valence-electron chi connectivity index (χ0n) is 4.91. The average Bonchev–Trinajstić information content (AvgIpc) is 1.99. The largest absolute Gasteiger partial charge is 0.504 e. The van der Waals surface area contributed by atoms with Gasteiger partial charge < -0.3 is 10.2 Å². The molecule has 2 heteroatoms. The van der Waals surface area contributed by atoms with Crippen molar-refractivity contribution in [3.8, 4) is 0 Å². The number of hydrogen-bond donors (Lipinski definition) is 2. The highest BCUT2D eigenvalue weighted by atomic mass is 16.3. The molecule has 0 bridgehead atoms. The topological polar surface area (TPSA) is 40.5 Å². The van der Waals surface area contributed by atoms with Crippen LogP contribution in [0, 0.1) is 0 Å². The van der Waals surface area contributed by atoms with Crippen LogP contribution in [0.15, 0.2) is 35.8 Å². The van der Waals surface area contributed by atoms with Crippen LogP contribution in [0.5, 0.6) is 0 Å². The van der Waals surface area contributed by atoms with E-state index in [1.54, 1.807) is 12.2 Å². The molecule has 2 nitrogen and oxygen atoms in total. The van der Waals surface area contributed by atoms with E-state index in [1.807, 2.05) is 6.08 Å². The van der Waals surface area contributed by atoms with Gasteiger partial charge >= 0.3 is 0 Å². The highest BCUT2D eigenvalue weighted by Gasteiger charge is 1.97. The van der Waals surface area contributed by atoms with E-state index in [0.717, 1.165) is 0 Å². The molecule has 0 aliphatic heterocycles. The summed E-state index contributed by atoms with van der Waals surface area (Å²) in [7, 11) is 0. The molecule has 48 valence electrons. The van der Waals surface area contributed by atoms with Crippen molar-refractivity contribution in [1.82, 2.24) is 0 Å². The second-order valence-corrected chi connectivity index (χ2v) is 1.81. The van der Waals surface area contributed by atoms with Gasteiger partial charge in [-0.05, 0) is 18.6 Å². The SMILES string of the molecule is OC1=CC=CCC=C1O. The third-order valence-corrected chi connectivity index (χ3v) is 1.10. The van der Waals surface area contributed by atoms with E-state index >= 15 is 0 Å². The third kappa shape index (κ3) is 1.35. The van der Waals surface area contributed by atoms with Crippen molar-refractivity contribution in [3.05, 3.63) is 35.8 Å². The van der Waals surface area contributed by atoms with Gasteiger partial charge in [-0.1, -0.05) is 12.2 Å². The summed E-state index contributed by atoms with van der Waals surface area (Å²) in [5.41, 5.74) is 0. The van der Waals surface area contributed by atoms with Gasteiger partial charge in [0.05, 0.1) is 0 Å². The lowest BCUT2D eigenvalue weighted by molar-refractivity contribution is 0.326. The number of aliphatic hydroxyl groups excluding tert-OH is 2. The fraction of sp³-hybridized carbons (Fsp3) is 0.143. The summed E-state index contributed by atoms with van der Waals surface area (Å²) in [5.74, 6) is -0.108. The molecule has 0 heterocycles. The number of aliphatic hydroxyl groups is 2. The molecule has 1 aliphatic rings. The van der Waals surface area contributed by atoms with Crippen LogP contribution in [-0.4, -0.2) is 10.2 Å². The minimum Gasteiger partial charge on any atom is -0.504 e. The van der Waals surface area contributed by atoms with Crippen LogP contribution in [0.4, 0.5) is 0 Å². The Labute approximate surface area is 53.4 Å². The molecule has 0 saturated carbocycles. The molecule has 0 spiro atoms. The van der Waals surface area contributed by atoms with Gasteiger partial charge in [-0.2, -0.15) is 0 Å². The van der Waals surface area contributed by atoms with E-state index in [0.29, 0.717) is 6.42 Å². The zero-order valence-corrected chi connectivity index (χ0v) is 4.91. The minimum atomic E-state index is -0.0660. The Morgan fingerprint density at radius 1 is 1.22 bits per heavy atom. The van der Waals surface area contributed by atoms with Gasteiger partial charge in [0.2, 0.25) is 0 Å². The summed E-state index contributed by atoms with van der Waals surface area (Å²) in [6.45, 7) is 0. The molecule has 0 saturated heterocycles. The number of rotatable bonds is 0. The standard InChI is InChI=1S/C7H8O2/c8-6-4-2-1-3-5-7(6)9/h1-2,4-5,8-9H,3H2. The second kappa shape index (κ2) is 2.40.